The number of unbranched alkanes of at least 4 members (excludes halogenated alkanes) is 1. The molecule has 0 N–H and O–H groups in total. The van der Waals surface area contributed by atoms with Crippen molar-refractivity contribution in [1.29, 1.82) is 0 Å². The molecule has 0 radical (unpaired) electrons. The highest BCUT2D eigenvalue weighted by Crippen LogP contribution is 1.76. The van der Waals surface area contributed by atoms with Crippen LogP contribution in [0, 0.1) is 0 Å². The molecule has 4 heavy (non-hydrogen) atoms. The molecule has 0 aromatic rings. The maximum atomic E-state index is 2.18. The van der Waals surface area contributed by atoms with E-state index in [9.17, 15) is 0 Å². The predicted molar refractivity (Wildman–Crippen MR) is 24.8 cm³/mol. The van der Waals surface area contributed by atoms with E-state index < -0.39 is 0 Å². The summed E-state index contributed by atoms with van der Waals surface area (Å²) in [6.07, 6.45) is 2.64. The second-order valence-electron chi connectivity index (χ2n) is 1.000. The molecule has 0 rings (SSSR count). The van der Waals surface area contributed by atoms with E-state index in [-0.39, 0.29) is 2.85 Å². The Balaban J connectivity index is -0.0000000450. The molecular formula is C4H14. The van der Waals surface area contributed by atoms with E-state index in [1.165, 1.54) is 12.8 Å². The molecule has 0 heteroatoms. The highest BCUT2D eigenvalue weighted by molar-refractivity contribution is 4.12. The van der Waals surface area contributed by atoms with Crippen LogP contribution in [0.4, 0.5) is 0 Å². The molecule has 0 saturated carbocycles. The zero-order valence-corrected chi connectivity index (χ0v) is 3.41. The second-order valence-corrected chi connectivity index (χ2v) is 1.000. The third-order valence-electron chi connectivity index (χ3n) is 0.500. The lowest BCUT2D eigenvalue weighted by Crippen LogP contribution is -1.47. The molecule has 0 aromatic heterocycles. The lowest BCUT2D eigenvalue weighted by atomic mass is 10.4. The van der Waals surface area contributed by atoms with Gasteiger partial charge in [-0.25, -0.2) is 0 Å². The van der Waals surface area contributed by atoms with Gasteiger partial charge in [0.05, 0.1) is 0 Å². The standard InChI is InChI=1S/C4H10.2H2/c1-3-4-2;;/h3-4H2,1-2H3;2*1H. The van der Waals surface area contributed by atoms with E-state index in [4.69, 9.17) is 0 Å². The summed E-state index contributed by atoms with van der Waals surface area (Å²) in [4.78, 5) is 0. The SMILES string of the molecule is CCCC.[HH].[HH]. The van der Waals surface area contributed by atoms with Crippen molar-refractivity contribution in [2.75, 3.05) is 0 Å². The molecule has 0 unspecified atom stereocenters. The Hall–Kier alpha value is 0. The van der Waals surface area contributed by atoms with Crippen LogP contribution in [0.1, 0.15) is 29.5 Å². The van der Waals surface area contributed by atoms with Crippen LogP contribution in [0.5, 0.6) is 0 Å². The maximum Gasteiger partial charge on any atom is 0 e. The van der Waals surface area contributed by atoms with E-state index in [1.807, 2.05) is 0 Å². The number of hydrogen-bond donors (Lipinski definition) is 0. The fourth-order valence-electron chi connectivity index (χ4n) is 0. The van der Waals surface area contributed by atoms with Gasteiger partial charge < -0.3 is 0 Å². The van der Waals surface area contributed by atoms with E-state index in [1.54, 1.807) is 0 Å². The Kier molecular flexibility index (Phi) is 3.00. The lowest BCUT2D eigenvalue weighted by Gasteiger charge is -1.68. The minimum Gasteiger partial charge on any atom is -0.0654 e. The predicted octanol–water partition coefficient (Wildman–Crippen LogP) is 2.30. The van der Waals surface area contributed by atoms with Crippen molar-refractivity contribution >= 4 is 0 Å². The molecule has 0 aromatic carbocycles. The zero-order valence-electron chi connectivity index (χ0n) is 3.41. The van der Waals surface area contributed by atoms with Gasteiger partial charge in [0, 0.05) is 2.85 Å². The average Bonchev–Trinajstić information content (AvgIpc) is 1.37. The van der Waals surface area contributed by atoms with Crippen molar-refractivity contribution in [3.05, 3.63) is 0 Å². The van der Waals surface area contributed by atoms with Crippen LogP contribution in [0.2, 0.25) is 0 Å². The first kappa shape index (κ1) is 4.00. The van der Waals surface area contributed by atoms with Gasteiger partial charge in [-0.3, -0.25) is 0 Å². The Morgan fingerprint density at radius 2 is 1.50 bits per heavy atom. The molecule has 0 aliphatic heterocycles. The first-order chi connectivity index (χ1) is 1.91. The fourth-order valence-corrected chi connectivity index (χ4v) is 0. The molecule has 0 aliphatic rings. The highest BCUT2D eigenvalue weighted by atomic mass is 13.6. The van der Waals surface area contributed by atoms with Gasteiger partial charge >= 0.3 is 0 Å². The molecule has 0 bridgehead atoms. The monoisotopic (exact) mass is 62.1 g/mol. The Morgan fingerprint density at radius 3 is 1.50 bits per heavy atom. The molecule has 30 valence electrons. The summed E-state index contributed by atoms with van der Waals surface area (Å²) in [5.74, 6) is 0. The van der Waals surface area contributed by atoms with Gasteiger partial charge in [0.15, 0.2) is 0 Å². The van der Waals surface area contributed by atoms with Crippen LogP contribution in [-0.4, -0.2) is 0 Å². The third kappa shape index (κ3) is 2.00. The molecule has 0 fully saturated rings. The Bertz CT molecular complexity index is 7.51. The largest absolute Gasteiger partial charge is 0.0654 e. The Morgan fingerprint density at radius 1 is 1.25 bits per heavy atom. The summed E-state index contributed by atoms with van der Waals surface area (Å²) in [7, 11) is 0. The van der Waals surface area contributed by atoms with Crippen LogP contribution >= 0.6 is 0 Å². The van der Waals surface area contributed by atoms with E-state index in [0.29, 0.717) is 0 Å². The van der Waals surface area contributed by atoms with Crippen LogP contribution in [0.3, 0.4) is 0 Å². The van der Waals surface area contributed by atoms with Gasteiger partial charge in [0.1, 0.15) is 0 Å². The van der Waals surface area contributed by atoms with Crippen molar-refractivity contribution in [2.24, 2.45) is 0 Å². The topological polar surface area (TPSA) is 0 Å². The normalized spacial score (nSPS) is 7.50. The lowest BCUT2D eigenvalue weighted by molar-refractivity contribution is 0.886. The summed E-state index contributed by atoms with van der Waals surface area (Å²) < 4.78 is 0. The second kappa shape index (κ2) is 3.00. The summed E-state index contributed by atoms with van der Waals surface area (Å²) in [5.41, 5.74) is 0. The van der Waals surface area contributed by atoms with Crippen LogP contribution in [-0.2, 0) is 0 Å². The van der Waals surface area contributed by atoms with Crippen molar-refractivity contribution in [1.82, 2.24) is 0 Å². The first-order valence-electron chi connectivity index (χ1n) is 1.91. The van der Waals surface area contributed by atoms with Crippen molar-refractivity contribution in [2.45, 2.75) is 26.7 Å². The van der Waals surface area contributed by atoms with Crippen LogP contribution in [0.25, 0.3) is 0 Å². The highest BCUT2D eigenvalue weighted by Gasteiger charge is 1.56. The minimum absolute atomic E-state index is 0. The summed E-state index contributed by atoms with van der Waals surface area (Å²) in [5, 5.41) is 0. The molecule has 0 spiro atoms. The van der Waals surface area contributed by atoms with E-state index in [2.05, 4.69) is 13.8 Å². The van der Waals surface area contributed by atoms with Gasteiger partial charge in [-0.2, -0.15) is 0 Å². The fraction of sp³-hybridized carbons (Fsp3) is 1.00. The first-order valence-corrected chi connectivity index (χ1v) is 1.91. The minimum atomic E-state index is 0. The molecule has 0 heterocycles. The van der Waals surface area contributed by atoms with Gasteiger partial charge in [-0.05, 0) is 0 Å². The summed E-state index contributed by atoms with van der Waals surface area (Å²) in [6.45, 7) is 4.36. The van der Waals surface area contributed by atoms with Gasteiger partial charge in [-0.15, -0.1) is 0 Å². The van der Waals surface area contributed by atoms with Gasteiger partial charge in [-0.1, -0.05) is 26.7 Å². The molecule has 0 nitrogen and oxygen atoms in total. The van der Waals surface area contributed by atoms with Gasteiger partial charge in [0.2, 0.25) is 0 Å². The average molecular weight is 62.2 g/mol. The third-order valence-corrected chi connectivity index (χ3v) is 0.500. The van der Waals surface area contributed by atoms with Crippen molar-refractivity contribution in [3.63, 3.8) is 0 Å². The molecule has 0 atom stereocenters. The van der Waals surface area contributed by atoms with Crippen LogP contribution < -0.4 is 0 Å². The smallest absolute Gasteiger partial charge is 0 e. The van der Waals surface area contributed by atoms with Gasteiger partial charge in [0.25, 0.3) is 0 Å². The Labute approximate surface area is 30.8 Å². The molecule has 0 amide bonds. The summed E-state index contributed by atoms with van der Waals surface area (Å²) in [6, 6.07) is 0. The number of rotatable bonds is 1. The van der Waals surface area contributed by atoms with E-state index in [0.717, 1.165) is 0 Å². The molecule has 0 saturated heterocycles. The maximum absolute atomic E-state index is 2.18. The molecular weight excluding hydrogens is 48.0 g/mol. The summed E-state index contributed by atoms with van der Waals surface area (Å²) >= 11 is 0. The van der Waals surface area contributed by atoms with Crippen molar-refractivity contribution in [3.8, 4) is 0 Å². The molecule has 0 aliphatic carbocycles. The number of hydrogen-bond acceptors (Lipinski definition) is 0. The zero-order chi connectivity index (χ0) is 3.41. The van der Waals surface area contributed by atoms with Crippen molar-refractivity contribution < 1.29 is 2.85 Å². The quantitative estimate of drug-likeness (QED) is 0.437. The van der Waals surface area contributed by atoms with E-state index >= 15 is 0 Å². The van der Waals surface area contributed by atoms with Crippen LogP contribution in [0.15, 0.2) is 0 Å².